The third kappa shape index (κ3) is 5.13. The molecule has 0 saturated carbocycles. The molecule has 0 N–H and O–H groups in total. The van der Waals surface area contributed by atoms with Crippen molar-refractivity contribution in [3.8, 4) is 45.5 Å². The number of hydrogen-bond donors (Lipinski definition) is 0. The third-order valence-electron chi connectivity index (χ3n) is 12.8. The van der Waals surface area contributed by atoms with E-state index in [1.54, 1.807) is 0 Å². The van der Waals surface area contributed by atoms with Crippen LogP contribution in [0.3, 0.4) is 0 Å². The van der Waals surface area contributed by atoms with Gasteiger partial charge in [0.2, 0.25) is 0 Å². The number of para-hydroxylation sites is 4. The smallest absolute Gasteiger partial charge is 0.166 e. The fourth-order valence-corrected chi connectivity index (χ4v) is 12.3. The molecule has 298 valence electrons. The minimum Gasteiger partial charge on any atom is -0.308 e. The molecule has 64 heavy (non-hydrogen) atoms. The maximum atomic E-state index is 5.79. The van der Waals surface area contributed by atoms with Gasteiger partial charge in [0, 0.05) is 67.5 Å². The van der Waals surface area contributed by atoms with Crippen LogP contribution in [-0.2, 0) is 0 Å². The molecule has 0 saturated heterocycles. The second-order valence-electron chi connectivity index (χ2n) is 16.3. The van der Waals surface area contributed by atoms with E-state index < -0.39 is 0 Å². The van der Waals surface area contributed by atoms with E-state index in [-0.39, 0.29) is 0 Å². The molecule has 5 nitrogen and oxygen atoms in total. The summed E-state index contributed by atoms with van der Waals surface area (Å²) in [6.07, 6.45) is 0. The topological polar surface area (TPSA) is 48.5 Å². The average Bonchev–Trinajstić information content (AvgIpc) is 4.11. The van der Waals surface area contributed by atoms with Crippen molar-refractivity contribution in [3.05, 3.63) is 200 Å². The zero-order chi connectivity index (χ0) is 41.9. The van der Waals surface area contributed by atoms with Gasteiger partial charge in [-0.3, -0.25) is 0 Å². The molecule has 0 aliphatic rings. The minimum atomic E-state index is 0.620. The lowest BCUT2D eigenvalue weighted by Crippen LogP contribution is -2.06. The lowest BCUT2D eigenvalue weighted by atomic mass is 10.0. The number of thiophene rings is 2. The number of rotatable bonds is 5. The number of aromatic nitrogens is 5. The van der Waals surface area contributed by atoms with Crippen LogP contribution in [0, 0.1) is 0 Å². The zero-order valence-electron chi connectivity index (χ0n) is 34.1. The normalized spacial score (nSPS) is 12.1. The van der Waals surface area contributed by atoms with Crippen LogP contribution in [0.25, 0.3) is 129 Å². The van der Waals surface area contributed by atoms with Gasteiger partial charge in [-0.1, -0.05) is 140 Å². The second kappa shape index (κ2) is 13.8. The Bertz CT molecular complexity index is 3850. The largest absolute Gasteiger partial charge is 0.308 e. The Morgan fingerprint density at radius 2 is 0.625 bits per heavy atom. The molecule has 0 aliphatic heterocycles. The van der Waals surface area contributed by atoms with Crippen LogP contribution in [-0.4, -0.2) is 24.1 Å². The van der Waals surface area contributed by atoms with E-state index in [9.17, 15) is 0 Å². The maximum absolute atomic E-state index is 5.79. The lowest BCUT2D eigenvalue weighted by Gasteiger charge is -2.18. The van der Waals surface area contributed by atoms with Crippen LogP contribution in [0.2, 0.25) is 0 Å². The summed E-state index contributed by atoms with van der Waals surface area (Å²) >= 11 is 3.62. The van der Waals surface area contributed by atoms with Crippen molar-refractivity contribution < 1.29 is 0 Å². The van der Waals surface area contributed by atoms with Gasteiger partial charge in [0.15, 0.2) is 17.5 Å². The van der Waals surface area contributed by atoms with Gasteiger partial charge in [0.05, 0.1) is 44.6 Å². The van der Waals surface area contributed by atoms with E-state index in [4.69, 9.17) is 15.0 Å². The molecule has 5 heterocycles. The first-order chi connectivity index (χ1) is 31.8. The predicted molar refractivity (Wildman–Crippen MR) is 271 cm³/mol. The van der Waals surface area contributed by atoms with Crippen molar-refractivity contribution in [1.82, 2.24) is 24.1 Å². The van der Waals surface area contributed by atoms with Crippen molar-refractivity contribution in [3.63, 3.8) is 0 Å². The Labute approximate surface area is 374 Å². The molecule has 9 aromatic carbocycles. The molecule has 0 radical (unpaired) electrons. The predicted octanol–water partition coefficient (Wildman–Crippen LogP) is 15.8. The molecule has 0 unspecified atom stereocenters. The van der Waals surface area contributed by atoms with E-state index in [2.05, 4.69) is 203 Å². The monoisotopic (exact) mass is 851 g/mol. The maximum Gasteiger partial charge on any atom is 0.166 e. The minimum absolute atomic E-state index is 0.620. The summed E-state index contributed by atoms with van der Waals surface area (Å²) in [5.74, 6) is 1.87. The molecule has 0 aliphatic carbocycles. The van der Waals surface area contributed by atoms with Gasteiger partial charge in [-0.25, -0.2) is 15.0 Å². The van der Waals surface area contributed by atoms with Crippen molar-refractivity contribution in [2.75, 3.05) is 0 Å². The van der Waals surface area contributed by atoms with Crippen LogP contribution in [0.5, 0.6) is 0 Å². The number of benzene rings is 9. The Morgan fingerprint density at radius 1 is 0.281 bits per heavy atom. The Hall–Kier alpha value is -7.97. The van der Waals surface area contributed by atoms with Gasteiger partial charge in [0.1, 0.15) is 0 Å². The van der Waals surface area contributed by atoms with Crippen molar-refractivity contribution in [2.24, 2.45) is 0 Å². The fraction of sp³-hybridized carbons (Fsp3) is 0. The molecule has 0 atom stereocenters. The lowest BCUT2D eigenvalue weighted by molar-refractivity contribution is 1.06. The number of hydrogen-bond acceptors (Lipinski definition) is 5. The fourth-order valence-electron chi connectivity index (χ4n) is 10.1. The first-order valence-electron chi connectivity index (χ1n) is 21.4. The van der Waals surface area contributed by atoms with E-state index in [0.717, 1.165) is 60.9 Å². The molecule has 5 aromatic heterocycles. The van der Waals surface area contributed by atoms with E-state index in [1.807, 2.05) is 28.7 Å². The number of nitrogens with zero attached hydrogens (tertiary/aromatic N) is 5. The molecular weight excluding hydrogens is 819 g/mol. The van der Waals surface area contributed by atoms with Crippen LogP contribution in [0.15, 0.2) is 200 Å². The van der Waals surface area contributed by atoms with Crippen LogP contribution >= 0.6 is 22.7 Å². The standard InChI is InChI=1S/C57H33N5S2/c1-2-16-34(17-3-1)55-58-56(53-45(30-32-49-51(53)39-22-8-14-28-47(39)63-49)61-41-24-10-4-18-35(41)36-19-5-11-25-42(36)61)60-57(59-55)54-46(31-33-50-52(54)40-23-9-15-29-48(40)64-50)62-43-26-12-6-20-37(43)38-21-7-13-27-44(38)62/h1-33H. The first-order valence-corrected chi connectivity index (χ1v) is 23.1. The summed E-state index contributed by atoms with van der Waals surface area (Å²) in [6, 6.07) is 71.8. The summed E-state index contributed by atoms with van der Waals surface area (Å²) in [7, 11) is 0. The summed E-state index contributed by atoms with van der Waals surface area (Å²) < 4.78 is 9.63. The quantitative estimate of drug-likeness (QED) is 0.173. The Balaban J connectivity index is 1.17. The Kier molecular flexibility index (Phi) is 7.66. The zero-order valence-corrected chi connectivity index (χ0v) is 35.7. The molecule has 14 rings (SSSR count). The van der Waals surface area contributed by atoms with E-state index >= 15 is 0 Å². The SMILES string of the molecule is c1ccc(-c2nc(-c3c(-n4c5ccccc5c5ccccc54)ccc4sc5ccccc5c34)nc(-c3c(-n4c5ccccc5c5ccccc54)ccc4sc5ccccc5c34)n2)cc1. The average molecular weight is 852 g/mol. The summed E-state index contributed by atoms with van der Waals surface area (Å²) in [5.41, 5.74) is 9.43. The van der Waals surface area contributed by atoms with Crippen LogP contribution in [0.4, 0.5) is 0 Å². The van der Waals surface area contributed by atoms with Gasteiger partial charge in [-0.15, -0.1) is 22.7 Å². The summed E-state index contributed by atoms with van der Waals surface area (Å²) in [5, 5.41) is 9.44. The molecule has 0 bridgehead atoms. The van der Waals surface area contributed by atoms with Crippen LogP contribution < -0.4 is 0 Å². The highest BCUT2D eigenvalue weighted by atomic mass is 32.1. The number of fused-ring (bicyclic) bond motifs is 12. The van der Waals surface area contributed by atoms with Gasteiger partial charge >= 0.3 is 0 Å². The van der Waals surface area contributed by atoms with Crippen molar-refractivity contribution in [1.29, 1.82) is 0 Å². The molecule has 7 heteroatoms. The third-order valence-corrected chi connectivity index (χ3v) is 15.1. The highest BCUT2D eigenvalue weighted by molar-refractivity contribution is 7.26. The molecule has 0 spiro atoms. The van der Waals surface area contributed by atoms with Gasteiger partial charge < -0.3 is 9.13 Å². The second-order valence-corrected chi connectivity index (χ2v) is 18.4. The Morgan fingerprint density at radius 3 is 1.05 bits per heavy atom. The molecule has 0 fully saturated rings. The van der Waals surface area contributed by atoms with Crippen molar-refractivity contribution in [2.45, 2.75) is 0 Å². The van der Waals surface area contributed by atoms with E-state index in [0.29, 0.717) is 17.5 Å². The van der Waals surface area contributed by atoms with Gasteiger partial charge in [-0.05, 0) is 60.7 Å². The summed E-state index contributed by atoms with van der Waals surface area (Å²) in [6.45, 7) is 0. The van der Waals surface area contributed by atoms with E-state index in [1.165, 1.54) is 51.1 Å². The molecular formula is C57H33N5S2. The van der Waals surface area contributed by atoms with Crippen molar-refractivity contribution >= 4 is 107 Å². The van der Waals surface area contributed by atoms with Gasteiger partial charge in [-0.2, -0.15) is 0 Å². The molecule has 0 amide bonds. The first kappa shape index (κ1) is 35.6. The van der Waals surface area contributed by atoms with Crippen LogP contribution in [0.1, 0.15) is 0 Å². The summed E-state index contributed by atoms with van der Waals surface area (Å²) in [4.78, 5) is 16.9. The highest BCUT2D eigenvalue weighted by Gasteiger charge is 2.27. The van der Waals surface area contributed by atoms with Gasteiger partial charge in [0.25, 0.3) is 0 Å². The molecule has 14 aromatic rings. The highest BCUT2D eigenvalue weighted by Crippen LogP contribution is 2.48.